The minimum atomic E-state index is -0.597. The molecule has 0 bridgehead atoms. The second-order valence-corrected chi connectivity index (χ2v) is 9.04. The third-order valence-corrected chi connectivity index (χ3v) is 6.49. The summed E-state index contributed by atoms with van der Waals surface area (Å²) in [6.45, 7) is 0.304. The van der Waals surface area contributed by atoms with Crippen molar-refractivity contribution in [2.45, 2.75) is 44.2 Å². The lowest BCUT2D eigenvalue weighted by Gasteiger charge is -2.18. The predicted octanol–water partition coefficient (Wildman–Crippen LogP) is 3.97. The third-order valence-electron chi connectivity index (χ3n) is 5.75. The van der Waals surface area contributed by atoms with Crippen LogP contribution in [0.4, 0.5) is 0 Å². The fourth-order valence-corrected chi connectivity index (χ4v) is 3.97. The van der Waals surface area contributed by atoms with E-state index in [2.05, 4.69) is 25.6 Å². The first-order valence-corrected chi connectivity index (χ1v) is 11.1. The van der Waals surface area contributed by atoms with Crippen molar-refractivity contribution in [3.05, 3.63) is 57.5 Å². The molecule has 2 aliphatic rings. The molecule has 0 spiro atoms. The zero-order chi connectivity index (χ0) is 21.5. The molecule has 2 aromatic heterocycles. The third kappa shape index (κ3) is 4.38. The summed E-state index contributed by atoms with van der Waals surface area (Å²) in [7, 11) is 0. The van der Waals surface area contributed by atoms with E-state index in [1.165, 1.54) is 0 Å². The van der Waals surface area contributed by atoms with Crippen molar-refractivity contribution >= 4 is 46.2 Å². The van der Waals surface area contributed by atoms with Crippen LogP contribution < -0.4 is 10.6 Å². The molecule has 2 heterocycles. The molecule has 160 valence electrons. The van der Waals surface area contributed by atoms with Crippen molar-refractivity contribution in [3.63, 3.8) is 0 Å². The maximum Gasteiger partial charge on any atom is 0.255 e. The number of aromatic nitrogens is 3. The molecule has 31 heavy (non-hydrogen) atoms. The van der Waals surface area contributed by atoms with Gasteiger partial charge in [0, 0.05) is 18.7 Å². The van der Waals surface area contributed by atoms with Gasteiger partial charge in [0.1, 0.15) is 11.6 Å². The van der Waals surface area contributed by atoms with Crippen LogP contribution in [0.25, 0.3) is 11.2 Å². The topological polar surface area (TPSA) is 99.8 Å². The number of rotatable bonds is 7. The molecule has 0 aliphatic heterocycles. The normalized spacial score (nSPS) is 16.8. The van der Waals surface area contributed by atoms with Crippen molar-refractivity contribution in [2.75, 3.05) is 0 Å². The maximum atomic E-state index is 13.0. The summed E-state index contributed by atoms with van der Waals surface area (Å²) in [5.74, 6) is 0.0340. The number of nitrogens with one attached hydrogen (secondary N) is 3. The number of hydrogen-bond acceptors (Lipinski definition) is 4. The van der Waals surface area contributed by atoms with Gasteiger partial charge in [0.05, 0.1) is 27.5 Å². The Morgan fingerprint density at radius 3 is 2.68 bits per heavy atom. The fourth-order valence-electron chi connectivity index (χ4n) is 3.65. The molecular weight excluding hydrogens is 437 g/mol. The fraction of sp³-hybridized carbons (Fsp3) is 0.364. The number of nitrogens with zero attached hydrogens (tertiary/aromatic N) is 2. The van der Waals surface area contributed by atoms with E-state index in [-0.39, 0.29) is 17.7 Å². The van der Waals surface area contributed by atoms with Gasteiger partial charge in [-0.05, 0) is 49.3 Å². The van der Waals surface area contributed by atoms with Crippen LogP contribution in [-0.4, -0.2) is 32.8 Å². The number of benzene rings is 1. The number of halogens is 2. The van der Waals surface area contributed by atoms with Crippen molar-refractivity contribution in [1.29, 1.82) is 0 Å². The molecule has 9 heteroatoms. The highest BCUT2D eigenvalue weighted by Gasteiger charge is 2.37. The van der Waals surface area contributed by atoms with Gasteiger partial charge in [-0.25, -0.2) is 9.97 Å². The summed E-state index contributed by atoms with van der Waals surface area (Å²) in [6.07, 6.45) is 7.40. The van der Waals surface area contributed by atoms with Crippen LogP contribution in [0.2, 0.25) is 10.0 Å². The molecule has 2 amide bonds. The van der Waals surface area contributed by atoms with E-state index in [9.17, 15) is 9.59 Å². The molecule has 0 radical (unpaired) electrons. The highest BCUT2D eigenvalue weighted by atomic mass is 35.5. The zero-order valence-electron chi connectivity index (χ0n) is 16.6. The van der Waals surface area contributed by atoms with Gasteiger partial charge in [-0.1, -0.05) is 29.3 Å². The molecule has 0 unspecified atom stereocenters. The molecule has 3 aromatic rings. The summed E-state index contributed by atoms with van der Waals surface area (Å²) in [6, 6.07) is 4.62. The average Bonchev–Trinajstić information content (AvgIpc) is 3.69. The molecule has 2 aliphatic carbocycles. The van der Waals surface area contributed by atoms with Gasteiger partial charge < -0.3 is 15.6 Å². The maximum absolute atomic E-state index is 13.0. The molecule has 5 rings (SSSR count). The van der Waals surface area contributed by atoms with Gasteiger partial charge in [-0.15, -0.1) is 0 Å². The minimum Gasteiger partial charge on any atom is -0.350 e. The molecule has 1 atom stereocenters. The Labute approximate surface area is 188 Å². The van der Waals surface area contributed by atoms with E-state index >= 15 is 0 Å². The average molecular weight is 458 g/mol. The second-order valence-electron chi connectivity index (χ2n) is 8.22. The summed E-state index contributed by atoms with van der Waals surface area (Å²) in [4.78, 5) is 37.9. The Bertz CT molecular complexity index is 1170. The number of carbonyl (C=O) groups is 2. The Hall–Kier alpha value is -2.64. The molecule has 2 fully saturated rings. The van der Waals surface area contributed by atoms with Crippen molar-refractivity contribution < 1.29 is 9.59 Å². The van der Waals surface area contributed by atoms with Gasteiger partial charge in [-0.3, -0.25) is 9.59 Å². The lowest BCUT2D eigenvalue weighted by Crippen LogP contribution is -2.47. The van der Waals surface area contributed by atoms with Gasteiger partial charge in [0.15, 0.2) is 5.65 Å². The Balaban J connectivity index is 1.29. The molecule has 1 aromatic carbocycles. The van der Waals surface area contributed by atoms with Crippen LogP contribution in [-0.2, 0) is 11.3 Å². The van der Waals surface area contributed by atoms with Gasteiger partial charge in [0.2, 0.25) is 5.91 Å². The Kier molecular flexibility index (Phi) is 5.32. The highest BCUT2D eigenvalue weighted by molar-refractivity contribution is 6.42. The summed E-state index contributed by atoms with van der Waals surface area (Å²) >= 11 is 12.0. The molecule has 0 saturated heterocycles. The Morgan fingerprint density at radius 1 is 1.16 bits per heavy atom. The van der Waals surface area contributed by atoms with E-state index < -0.39 is 6.04 Å². The van der Waals surface area contributed by atoms with E-state index in [1.54, 1.807) is 30.6 Å². The highest BCUT2D eigenvalue weighted by Crippen LogP contribution is 2.39. The van der Waals surface area contributed by atoms with Crippen molar-refractivity contribution in [1.82, 2.24) is 25.6 Å². The Morgan fingerprint density at radius 2 is 1.97 bits per heavy atom. The monoisotopic (exact) mass is 457 g/mol. The number of fused-ring (bicyclic) bond motifs is 1. The first kappa shape index (κ1) is 20.3. The van der Waals surface area contributed by atoms with E-state index in [0.29, 0.717) is 39.2 Å². The van der Waals surface area contributed by atoms with Crippen LogP contribution in [0.5, 0.6) is 0 Å². The SMILES string of the molecule is O=C(N[C@@H](C(=O)NCc1ccc(Cl)c(Cl)c1)C1CC1)c1c[nH]c2ncc(C3CC3)nc12. The molecule has 3 N–H and O–H groups in total. The minimum absolute atomic E-state index is 0.135. The molecule has 2 saturated carbocycles. The lowest BCUT2D eigenvalue weighted by molar-refractivity contribution is -0.123. The van der Waals surface area contributed by atoms with Gasteiger partial charge in [0.25, 0.3) is 5.91 Å². The van der Waals surface area contributed by atoms with E-state index in [0.717, 1.165) is 36.9 Å². The number of hydrogen-bond donors (Lipinski definition) is 3. The zero-order valence-corrected chi connectivity index (χ0v) is 18.1. The van der Waals surface area contributed by atoms with Crippen LogP contribution in [0.1, 0.15) is 53.2 Å². The number of H-pyrrole nitrogens is 1. The number of carbonyl (C=O) groups excluding carboxylic acids is 2. The first-order valence-electron chi connectivity index (χ1n) is 10.4. The molecular formula is C22H21Cl2N5O2. The first-order chi connectivity index (χ1) is 15.0. The predicted molar refractivity (Wildman–Crippen MR) is 118 cm³/mol. The van der Waals surface area contributed by atoms with Gasteiger partial charge >= 0.3 is 0 Å². The van der Waals surface area contributed by atoms with Crippen molar-refractivity contribution in [3.8, 4) is 0 Å². The van der Waals surface area contributed by atoms with E-state index in [4.69, 9.17) is 23.2 Å². The standard InChI is InChI=1S/C22H21Cl2N5O2/c23-15-6-1-11(7-16(15)24)8-27-22(31)18(13-4-5-13)29-21(30)14-9-25-20-19(14)28-17(10-26-20)12-2-3-12/h1,6-7,9-10,12-13,18H,2-5,8H2,(H,25,26)(H,27,31)(H,29,30)/t18-/m1/s1. The smallest absolute Gasteiger partial charge is 0.255 e. The largest absolute Gasteiger partial charge is 0.350 e. The van der Waals surface area contributed by atoms with Crippen LogP contribution in [0, 0.1) is 5.92 Å². The summed E-state index contributed by atoms with van der Waals surface area (Å²) in [5.41, 5.74) is 3.28. The number of aromatic amines is 1. The van der Waals surface area contributed by atoms with E-state index in [1.807, 2.05) is 0 Å². The quantitative estimate of drug-likeness (QED) is 0.499. The second kappa shape index (κ2) is 8.13. The van der Waals surface area contributed by atoms with Crippen LogP contribution in [0.3, 0.4) is 0 Å². The van der Waals surface area contributed by atoms with Crippen molar-refractivity contribution in [2.24, 2.45) is 5.92 Å². The molecule has 7 nitrogen and oxygen atoms in total. The van der Waals surface area contributed by atoms with Gasteiger partial charge in [-0.2, -0.15) is 0 Å². The van der Waals surface area contributed by atoms with Crippen LogP contribution >= 0.6 is 23.2 Å². The lowest BCUT2D eigenvalue weighted by atomic mass is 10.1. The summed E-state index contributed by atoms with van der Waals surface area (Å²) < 4.78 is 0. The van der Waals surface area contributed by atoms with Crippen LogP contribution in [0.15, 0.2) is 30.6 Å². The summed E-state index contributed by atoms with van der Waals surface area (Å²) in [5, 5.41) is 6.71. The number of amides is 2.